The van der Waals surface area contributed by atoms with Crippen LogP contribution in [0.1, 0.15) is 16.7 Å². The van der Waals surface area contributed by atoms with Crippen molar-refractivity contribution < 1.29 is 19.1 Å². The summed E-state index contributed by atoms with van der Waals surface area (Å²) in [6.07, 6.45) is 0. The van der Waals surface area contributed by atoms with Crippen LogP contribution in [0.4, 0.5) is 11.4 Å². The van der Waals surface area contributed by atoms with E-state index in [0.717, 1.165) is 10.5 Å². The first-order valence-corrected chi connectivity index (χ1v) is 10.2. The molecule has 7 heteroatoms. The van der Waals surface area contributed by atoms with E-state index in [1.54, 1.807) is 42.5 Å². The Morgan fingerprint density at radius 2 is 1.52 bits per heavy atom. The summed E-state index contributed by atoms with van der Waals surface area (Å²) in [5.41, 5.74) is 3.47. The number of benzene rings is 3. The van der Waals surface area contributed by atoms with Crippen molar-refractivity contribution in [2.75, 3.05) is 24.4 Å². The molecule has 164 valence electrons. The van der Waals surface area contributed by atoms with Crippen LogP contribution in [-0.4, -0.2) is 26.0 Å². The van der Waals surface area contributed by atoms with Crippen LogP contribution < -0.4 is 19.7 Å². The average molecular weight is 439 g/mol. The second-order valence-corrected chi connectivity index (χ2v) is 7.42. The summed E-state index contributed by atoms with van der Waals surface area (Å²) < 4.78 is 10.6. The molecular weight excluding hydrogens is 418 g/mol. The summed E-state index contributed by atoms with van der Waals surface area (Å²) in [4.78, 5) is 28.1. The molecule has 3 aromatic carbocycles. The molecule has 33 heavy (non-hydrogen) atoms. The minimum absolute atomic E-state index is 0.153. The van der Waals surface area contributed by atoms with Crippen molar-refractivity contribution in [3.63, 3.8) is 0 Å². The van der Waals surface area contributed by atoms with Crippen molar-refractivity contribution in [1.29, 1.82) is 5.26 Å². The fraction of sp³-hybridized carbons (Fsp3) is 0.115. The topological polar surface area (TPSA) is 91.7 Å². The number of methoxy groups -OCH3 is 2. The van der Waals surface area contributed by atoms with E-state index in [-0.39, 0.29) is 11.3 Å². The second kappa shape index (κ2) is 8.89. The summed E-state index contributed by atoms with van der Waals surface area (Å²) in [7, 11) is 3.06. The quantitative estimate of drug-likeness (QED) is 0.577. The Morgan fingerprint density at radius 3 is 2.12 bits per heavy atom. The maximum absolute atomic E-state index is 13.5. The van der Waals surface area contributed by atoms with Crippen LogP contribution in [0.5, 0.6) is 11.5 Å². The molecule has 0 aliphatic carbocycles. The molecule has 0 aromatic heterocycles. The SMILES string of the molecule is COc1ccc(NC2=C(c3ccc(C)cc3)C(=O)N(c3ccc(C#N)cc3)C2=O)cc1OC. The third-order valence-electron chi connectivity index (χ3n) is 5.33. The minimum Gasteiger partial charge on any atom is -0.493 e. The van der Waals surface area contributed by atoms with E-state index in [1.807, 2.05) is 37.3 Å². The highest BCUT2D eigenvalue weighted by Gasteiger charge is 2.40. The van der Waals surface area contributed by atoms with Crippen LogP contribution in [0.2, 0.25) is 0 Å². The molecule has 0 radical (unpaired) electrons. The molecule has 4 rings (SSSR count). The van der Waals surface area contributed by atoms with Crippen molar-refractivity contribution in [3.05, 3.63) is 89.1 Å². The summed E-state index contributed by atoms with van der Waals surface area (Å²) in [5, 5.41) is 12.2. The number of nitrogens with zero attached hydrogens (tertiary/aromatic N) is 2. The molecule has 0 fully saturated rings. The number of nitrogens with one attached hydrogen (secondary N) is 1. The fourth-order valence-electron chi connectivity index (χ4n) is 3.61. The van der Waals surface area contributed by atoms with E-state index in [2.05, 4.69) is 5.32 Å². The van der Waals surface area contributed by atoms with Gasteiger partial charge in [0.05, 0.1) is 37.1 Å². The lowest BCUT2D eigenvalue weighted by Gasteiger charge is -2.16. The van der Waals surface area contributed by atoms with Gasteiger partial charge in [0, 0.05) is 11.8 Å². The molecule has 0 atom stereocenters. The van der Waals surface area contributed by atoms with Gasteiger partial charge in [0.1, 0.15) is 5.70 Å². The van der Waals surface area contributed by atoms with Gasteiger partial charge in [-0.05, 0) is 48.9 Å². The molecule has 3 aromatic rings. The van der Waals surface area contributed by atoms with Crippen LogP contribution in [0.15, 0.2) is 72.4 Å². The van der Waals surface area contributed by atoms with E-state index in [0.29, 0.717) is 34.0 Å². The number of nitriles is 1. The van der Waals surface area contributed by atoms with Crippen LogP contribution in [-0.2, 0) is 9.59 Å². The van der Waals surface area contributed by atoms with E-state index in [1.165, 1.54) is 14.2 Å². The van der Waals surface area contributed by atoms with Crippen LogP contribution in [0.3, 0.4) is 0 Å². The second-order valence-electron chi connectivity index (χ2n) is 7.42. The number of hydrogen-bond acceptors (Lipinski definition) is 6. The smallest absolute Gasteiger partial charge is 0.282 e. The van der Waals surface area contributed by atoms with E-state index < -0.39 is 11.8 Å². The van der Waals surface area contributed by atoms with Crippen molar-refractivity contribution in [3.8, 4) is 17.6 Å². The average Bonchev–Trinajstić information content (AvgIpc) is 3.08. The van der Waals surface area contributed by atoms with Gasteiger partial charge in [-0.25, -0.2) is 4.90 Å². The van der Waals surface area contributed by atoms with Crippen LogP contribution in [0, 0.1) is 18.3 Å². The lowest BCUT2D eigenvalue weighted by atomic mass is 10.0. The third kappa shape index (κ3) is 4.02. The normalized spacial score (nSPS) is 13.2. The van der Waals surface area contributed by atoms with Gasteiger partial charge >= 0.3 is 0 Å². The van der Waals surface area contributed by atoms with Gasteiger partial charge in [0.2, 0.25) is 0 Å². The van der Waals surface area contributed by atoms with Gasteiger partial charge in [-0.2, -0.15) is 5.26 Å². The molecule has 0 unspecified atom stereocenters. The van der Waals surface area contributed by atoms with E-state index in [9.17, 15) is 9.59 Å². The van der Waals surface area contributed by atoms with Crippen molar-refractivity contribution in [2.24, 2.45) is 0 Å². The maximum atomic E-state index is 13.5. The van der Waals surface area contributed by atoms with Gasteiger partial charge in [0.25, 0.3) is 11.8 Å². The lowest BCUT2D eigenvalue weighted by Crippen LogP contribution is -2.32. The Kier molecular flexibility index (Phi) is 5.83. The molecule has 0 spiro atoms. The number of rotatable bonds is 6. The highest BCUT2D eigenvalue weighted by Crippen LogP contribution is 2.36. The molecular formula is C26H21N3O4. The predicted octanol–water partition coefficient (Wildman–Crippen LogP) is 4.28. The summed E-state index contributed by atoms with van der Waals surface area (Å²) in [6.45, 7) is 1.95. The number of amides is 2. The van der Waals surface area contributed by atoms with Gasteiger partial charge in [-0.3, -0.25) is 9.59 Å². The predicted molar refractivity (Wildman–Crippen MR) is 125 cm³/mol. The first-order chi connectivity index (χ1) is 16.0. The Hall–Kier alpha value is -4.57. The van der Waals surface area contributed by atoms with Gasteiger partial charge in [0.15, 0.2) is 11.5 Å². The first-order valence-electron chi connectivity index (χ1n) is 10.2. The highest BCUT2D eigenvalue weighted by atomic mass is 16.5. The van der Waals surface area contributed by atoms with Crippen molar-refractivity contribution >= 4 is 28.8 Å². The van der Waals surface area contributed by atoms with Crippen molar-refractivity contribution in [1.82, 2.24) is 0 Å². The zero-order valence-corrected chi connectivity index (χ0v) is 18.4. The van der Waals surface area contributed by atoms with Crippen LogP contribution >= 0.6 is 0 Å². The number of imide groups is 1. The number of carbonyl (C=O) groups is 2. The zero-order valence-electron chi connectivity index (χ0n) is 18.4. The standard InChI is InChI=1S/C26H21N3O4/c1-16-4-8-18(9-5-16)23-24(28-19-10-13-21(32-2)22(14-19)33-3)26(31)29(25(23)30)20-11-6-17(15-27)7-12-20/h4-14,28H,1-3H3. The largest absolute Gasteiger partial charge is 0.493 e. The van der Waals surface area contributed by atoms with Gasteiger partial charge in [-0.1, -0.05) is 29.8 Å². The minimum atomic E-state index is -0.491. The Labute approximate surface area is 191 Å². The molecule has 1 N–H and O–H groups in total. The Balaban J connectivity index is 1.80. The van der Waals surface area contributed by atoms with Gasteiger partial charge in [-0.15, -0.1) is 0 Å². The molecule has 2 amide bonds. The number of carbonyl (C=O) groups excluding carboxylic acids is 2. The number of anilines is 2. The van der Waals surface area contributed by atoms with Crippen LogP contribution in [0.25, 0.3) is 5.57 Å². The molecule has 7 nitrogen and oxygen atoms in total. The number of hydrogen-bond donors (Lipinski definition) is 1. The Bertz CT molecular complexity index is 1300. The summed E-state index contributed by atoms with van der Waals surface area (Å²) >= 11 is 0. The molecule has 1 aliphatic rings. The molecule has 1 heterocycles. The number of ether oxygens (including phenoxy) is 2. The van der Waals surface area contributed by atoms with Crippen molar-refractivity contribution in [2.45, 2.75) is 6.92 Å². The van der Waals surface area contributed by atoms with E-state index in [4.69, 9.17) is 14.7 Å². The highest BCUT2D eigenvalue weighted by molar-refractivity contribution is 6.46. The molecule has 0 saturated heterocycles. The van der Waals surface area contributed by atoms with E-state index >= 15 is 0 Å². The molecule has 0 saturated carbocycles. The zero-order chi connectivity index (χ0) is 23.5. The first kappa shape index (κ1) is 21.7. The van der Waals surface area contributed by atoms with Gasteiger partial charge < -0.3 is 14.8 Å². The fourth-order valence-corrected chi connectivity index (χ4v) is 3.61. The monoisotopic (exact) mass is 439 g/mol. The molecule has 0 bridgehead atoms. The summed E-state index contributed by atoms with van der Waals surface area (Å²) in [6, 6.07) is 20.9. The number of aryl methyl sites for hydroxylation is 1. The maximum Gasteiger partial charge on any atom is 0.282 e. The Morgan fingerprint density at radius 1 is 0.848 bits per heavy atom. The lowest BCUT2D eigenvalue weighted by molar-refractivity contribution is -0.120. The molecule has 1 aliphatic heterocycles. The third-order valence-corrected chi connectivity index (χ3v) is 5.33. The summed E-state index contributed by atoms with van der Waals surface area (Å²) in [5.74, 6) is 0.0936.